The molecule has 242 valence electrons. The molecule has 9 heteroatoms. The zero-order chi connectivity index (χ0) is 32.4. The third-order valence-electron chi connectivity index (χ3n) is 9.35. The van der Waals surface area contributed by atoms with Crippen molar-refractivity contribution < 1.29 is 23.9 Å². The molecular weight excluding hydrogens is 568 g/mol. The molecule has 4 amide bonds. The number of hydrogen-bond donors (Lipinski definition) is 1. The predicted octanol–water partition coefficient (Wildman–Crippen LogP) is 5.07. The average Bonchev–Trinajstić information content (AvgIpc) is 3.23. The van der Waals surface area contributed by atoms with E-state index in [1.807, 2.05) is 99.0 Å². The van der Waals surface area contributed by atoms with E-state index in [1.165, 1.54) is 0 Å². The number of carbonyl (C=O) groups is 4. The van der Waals surface area contributed by atoms with E-state index in [0.29, 0.717) is 58.2 Å². The summed E-state index contributed by atoms with van der Waals surface area (Å²) in [5, 5.41) is 3.09. The molecule has 1 N–H and O–H groups in total. The Morgan fingerprint density at radius 3 is 2.29 bits per heavy atom. The molecule has 3 aliphatic heterocycles. The van der Waals surface area contributed by atoms with Crippen LogP contribution in [0, 0.1) is 5.92 Å². The van der Waals surface area contributed by atoms with E-state index >= 15 is 0 Å². The number of hydrogen-bond acceptors (Lipinski definition) is 5. The number of carbonyl (C=O) groups excluding carboxylic acids is 4. The van der Waals surface area contributed by atoms with E-state index in [9.17, 15) is 19.2 Å². The Morgan fingerprint density at radius 2 is 1.60 bits per heavy atom. The van der Waals surface area contributed by atoms with Crippen molar-refractivity contribution >= 4 is 29.5 Å². The number of likely N-dealkylation sites (tertiary alicyclic amines) is 2. The number of aryl methyl sites for hydroxylation is 1. The van der Waals surface area contributed by atoms with Crippen molar-refractivity contribution in [1.82, 2.24) is 15.1 Å². The lowest BCUT2D eigenvalue weighted by Crippen LogP contribution is -2.55. The molecule has 3 aliphatic rings. The lowest BCUT2D eigenvalue weighted by Gasteiger charge is -2.39. The second-order valence-corrected chi connectivity index (χ2v) is 14.2. The number of ether oxygens (including phenoxy) is 1. The molecule has 2 aromatic carbocycles. The highest BCUT2D eigenvalue weighted by Gasteiger charge is 2.47. The molecule has 0 spiro atoms. The first-order valence-corrected chi connectivity index (χ1v) is 16.4. The quantitative estimate of drug-likeness (QED) is 0.469. The van der Waals surface area contributed by atoms with Gasteiger partial charge in [-0.3, -0.25) is 14.4 Å². The molecule has 0 bridgehead atoms. The van der Waals surface area contributed by atoms with Gasteiger partial charge in [-0.25, -0.2) is 4.79 Å². The molecule has 0 unspecified atom stereocenters. The highest BCUT2D eigenvalue weighted by Crippen LogP contribution is 2.43. The fourth-order valence-electron chi connectivity index (χ4n) is 6.85. The SMILES string of the molecule is CC(C)(C)OC(=O)N1CCC[C@@H](C(=O)N[C@@H](CCc2ccccc2)C(=O)N2CCC(N3C(=O)C(C)(C)c4ccccc43)CC2)C1. The van der Waals surface area contributed by atoms with Crippen LogP contribution < -0.4 is 10.2 Å². The lowest BCUT2D eigenvalue weighted by atomic mass is 9.86. The van der Waals surface area contributed by atoms with Gasteiger partial charge in [0.25, 0.3) is 0 Å². The Labute approximate surface area is 267 Å². The molecule has 5 rings (SSSR count). The second kappa shape index (κ2) is 13.2. The number of nitrogens with zero attached hydrogens (tertiary/aromatic N) is 3. The summed E-state index contributed by atoms with van der Waals surface area (Å²) in [7, 11) is 0. The smallest absolute Gasteiger partial charge is 0.410 e. The molecule has 0 saturated carbocycles. The number of amides is 4. The standard InChI is InChI=1S/C36H48N4O5/c1-35(2,3)45-34(44)39-21-11-14-26(24-39)31(41)37-29(18-17-25-12-7-6-8-13-25)32(42)38-22-19-27(20-23-38)40-30-16-10-9-15-28(30)36(4,5)33(40)43/h6-10,12-13,15-16,26-27,29H,11,14,17-24H2,1-5H3,(H,37,41)/t26-,29+/m1/s1. The van der Waals surface area contributed by atoms with E-state index in [-0.39, 0.29) is 30.3 Å². The van der Waals surface area contributed by atoms with E-state index in [4.69, 9.17) is 4.74 Å². The van der Waals surface area contributed by atoms with Crippen molar-refractivity contribution in [2.45, 2.75) is 96.2 Å². The van der Waals surface area contributed by atoms with Crippen molar-refractivity contribution in [3.8, 4) is 0 Å². The van der Waals surface area contributed by atoms with Crippen LogP contribution in [0.25, 0.3) is 0 Å². The van der Waals surface area contributed by atoms with E-state index in [1.54, 1.807) is 4.90 Å². The van der Waals surface area contributed by atoms with Crippen molar-refractivity contribution in [3.63, 3.8) is 0 Å². The summed E-state index contributed by atoms with van der Waals surface area (Å²) in [6.07, 6.45) is 3.41. The minimum atomic E-state index is -0.681. The molecule has 2 aromatic rings. The van der Waals surface area contributed by atoms with Crippen LogP contribution in [-0.2, 0) is 31.0 Å². The number of nitrogens with one attached hydrogen (secondary N) is 1. The minimum absolute atomic E-state index is 0.0166. The van der Waals surface area contributed by atoms with Crippen LogP contribution in [-0.4, -0.2) is 77.5 Å². The van der Waals surface area contributed by atoms with Crippen LogP contribution in [0.1, 0.15) is 77.8 Å². The molecular formula is C36H48N4O5. The largest absolute Gasteiger partial charge is 0.444 e. The highest BCUT2D eigenvalue weighted by atomic mass is 16.6. The maximum absolute atomic E-state index is 14.0. The highest BCUT2D eigenvalue weighted by molar-refractivity contribution is 6.08. The van der Waals surface area contributed by atoms with Crippen LogP contribution >= 0.6 is 0 Å². The Morgan fingerprint density at radius 1 is 0.933 bits per heavy atom. The summed E-state index contributed by atoms with van der Waals surface area (Å²) in [5.41, 5.74) is 1.93. The van der Waals surface area contributed by atoms with Gasteiger partial charge >= 0.3 is 6.09 Å². The molecule has 0 radical (unpaired) electrons. The van der Waals surface area contributed by atoms with Crippen LogP contribution in [0.5, 0.6) is 0 Å². The maximum atomic E-state index is 14.0. The molecule has 2 atom stereocenters. The van der Waals surface area contributed by atoms with Gasteiger partial charge in [0, 0.05) is 37.9 Å². The maximum Gasteiger partial charge on any atom is 0.410 e. The van der Waals surface area contributed by atoms with Crippen LogP contribution in [0.15, 0.2) is 54.6 Å². The third-order valence-corrected chi connectivity index (χ3v) is 9.35. The van der Waals surface area contributed by atoms with Gasteiger partial charge in [0.05, 0.1) is 11.3 Å². The number of fused-ring (bicyclic) bond motifs is 1. The molecule has 0 aliphatic carbocycles. The zero-order valence-corrected chi connectivity index (χ0v) is 27.4. The molecule has 3 heterocycles. The third kappa shape index (κ3) is 7.34. The molecule has 2 fully saturated rings. The summed E-state index contributed by atoms with van der Waals surface area (Å²) in [6, 6.07) is 17.3. The summed E-state index contributed by atoms with van der Waals surface area (Å²) in [5.74, 6) is -0.597. The zero-order valence-electron chi connectivity index (χ0n) is 27.4. The van der Waals surface area contributed by atoms with Crippen molar-refractivity contribution in [1.29, 1.82) is 0 Å². The van der Waals surface area contributed by atoms with E-state index in [0.717, 1.165) is 16.8 Å². The first-order chi connectivity index (χ1) is 21.3. The Hall–Kier alpha value is -3.88. The summed E-state index contributed by atoms with van der Waals surface area (Å²) in [6.45, 7) is 11.3. The summed E-state index contributed by atoms with van der Waals surface area (Å²) in [4.78, 5) is 59.2. The Balaban J connectivity index is 1.25. The molecule has 9 nitrogen and oxygen atoms in total. The lowest BCUT2D eigenvalue weighted by molar-refractivity contribution is -0.139. The number of rotatable bonds is 7. The van der Waals surface area contributed by atoms with Crippen LogP contribution in [0.3, 0.4) is 0 Å². The van der Waals surface area contributed by atoms with Gasteiger partial charge in [0.15, 0.2) is 0 Å². The van der Waals surface area contributed by atoms with Gasteiger partial charge in [-0.05, 0) is 90.3 Å². The van der Waals surface area contributed by atoms with Gasteiger partial charge in [-0.1, -0.05) is 48.5 Å². The summed E-state index contributed by atoms with van der Waals surface area (Å²) < 4.78 is 5.54. The summed E-state index contributed by atoms with van der Waals surface area (Å²) >= 11 is 0. The first-order valence-electron chi connectivity index (χ1n) is 16.4. The fraction of sp³-hybridized carbons (Fsp3) is 0.556. The van der Waals surface area contributed by atoms with Gasteiger partial charge in [-0.15, -0.1) is 0 Å². The Bertz CT molecular complexity index is 1390. The number of anilines is 1. The van der Waals surface area contributed by atoms with Crippen molar-refractivity contribution in [2.24, 2.45) is 5.92 Å². The van der Waals surface area contributed by atoms with Crippen LogP contribution in [0.4, 0.5) is 10.5 Å². The number of piperidine rings is 2. The average molecular weight is 617 g/mol. The fourth-order valence-corrected chi connectivity index (χ4v) is 6.85. The molecule has 45 heavy (non-hydrogen) atoms. The normalized spacial score (nSPS) is 20.9. The van der Waals surface area contributed by atoms with Gasteiger partial charge in [0.1, 0.15) is 11.6 Å². The second-order valence-electron chi connectivity index (χ2n) is 14.2. The first kappa shape index (κ1) is 32.5. The topological polar surface area (TPSA) is 99.3 Å². The predicted molar refractivity (Wildman–Crippen MR) is 174 cm³/mol. The van der Waals surface area contributed by atoms with Crippen molar-refractivity contribution in [2.75, 3.05) is 31.1 Å². The van der Waals surface area contributed by atoms with Gasteiger partial charge in [0.2, 0.25) is 17.7 Å². The van der Waals surface area contributed by atoms with E-state index in [2.05, 4.69) is 5.32 Å². The van der Waals surface area contributed by atoms with Gasteiger partial charge in [-0.2, -0.15) is 0 Å². The van der Waals surface area contributed by atoms with Crippen molar-refractivity contribution in [3.05, 3.63) is 65.7 Å². The minimum Gasteiger partial charge on any atom is -0.444 e. The van der Waals surface area contributed by atoms with Gasteiger partial charge < -0.3 is 24.8 Å². The monoisotopic (exact) mass is 616 g/mol. The van der Waals surface area contributed by atoms with E-state index < -0.39 is 29.1 Å². The number of para-hydroxylation sites is 1. The molecule has 2 saturated heterocycles. The van der Waals surface area contributed by atoms with Crippen LogP contribution in [0.2, 0.25) is 0 Å². The number of benzene rings is 2. The molecule has 0 aromatic heterocycles. The Kier molecular flexibility index (Phi) is 9.56.